The van der Waals surface area contributed by atoms with Crippen LogP contribution < -0.4 is 9.62 Å². The van der Waals surface area contributed by atoms with E-state index in [4.69, 9.17) is 23.2 Å². The second kappa shape index (κ2) is 7.76. The van der Waals surface area contributed by atoms with Crippen LogP contribution in [0.5, 0.6) is 0 Å². The third kappa shape index (κ3) is 3.81. The number of carbonyl (C=O) groups excluding carboxylic acids is 2. The Bertz CT molecular complexity index is 849. The SMILES string of the molecule is O=C1C2CC(F)CN2C(=O)N1c1cc(NS(=O)(=O)CCl)c(Cl)cc1F.[NaH]. The van der Waals surface area contributed by atoms with Crippen LogP contribution in [-0.4, -0.2) is 78.8 Å². The Morgan fingerprint density at radius 1 is 1.31 bits per heavy atom. The predicted octanol–water partition coefficient (Wildman–Crippen LogP) is 1.65. The summed E-state index contributed by atoms with van der Waals surface area (Å²) in [6.07, 6.45) is -1.48. The Kier molecular flexibility index (Phi) is 6.46. The Morgan fingerprint density at radius 2 is 1.96 bits per heavy atom. The average Bonchev–Trinajstić information content (AvgIpc) is 3.01. The van der Waals surface area contributed by atoms with Gasteiger partial charge in [-0.3, -0.25) is 9.52 Å². The summed E-state index contributed by atoms with van der Waals surface area (Å²) >= 11 is 11.1. The number of halogens is 4. The van der Waals surface area contributed by atoms with E-state index in [0.717, 1.165) is 17.0 Å². The molecular formula is C13H12Cl2F2N3NaO4S. The first kappa shape index (κ1) is 21.6. The summed E-state index contributed by atoms with van der Waals surface area (Å²) in [5, 5.41) is -1.05. The quantitative estimate of drug-likeness (QED) is 0.440. The van der Waals surface area contributed by atoms with E-state index >= 15 is 0 Å². The molecule has 2 atom stereocenters. The van der Waals surface area contributed by atoms with Crippen LogP contribution in [0, 0.1) is 5.82 Å². The molecule has 1 aromatic carbocycles. The molecule has 0 bridgehead atoms. The van der Waals surface area contributed by atoms with E-state index in [9.17, 15) is 26.8 Å². The number of nitrogens with one attached hydrogen (secondary N) is 1. The number of urea groups is 1. The van der Waals surface area contributed by atoms with Gasteiger partial charge in [0.1, 0.15) is 23.2 Å². The van der Waals surface area contributed by atoms with Crippen LogP contribution in [0.1, 0.15) is 6.42 Å². The average molecular weight is 438 g/mol. The second-order valence-electron chi connectivity index (χ2n) is 5.57. The van der Waals surface area contributed by atoms with E-state index in [1.807, 2.05) is 4.72 Å². The van der Waals surface area contributed by atoms with Gasteiger partial charge >= 0.3 is 35.6 Å². The number of hydrogen-bond donors (Lipinski definition) is 1. The summed E-state index contributed by atoms with van der Waals surface area (Å²) in [6.45, 7) is -0.257. The van der Waals surface area contributed by atoms with E-state index in [1.54, 1.807) is 0 Å². The normalized spacial score (nSPS) is 22.5. The number of hydrogen-bond acceptors (Lipinski definition) is 4. The zero-order valence-electron chi connectivity index (χ0n) is 12.4. The van der Waals surface area contributed by atoms with E-state index in [2.05, 4.69) is 0 Å². The van der Waals surface area contributed by atoms with Gasteiger partial charge in [-0.25, -0.2) is 26.9 Å². The summed E-state index contributed by atoms with van der Waals surface area (Å²) in [5.41, 5.74) is -0.716. The predicted molar refractivity (Wildman–Crippen MR) is 94.7 cm³/mol. The summed E-state index contributed by atoms with van der Waals surface area (Å²) in [4.78, 5) is 26.3. The van der Waals surface area contributed by atoms with Crippen molar-refractivity contribution >= 4 is 86.1 Å². The molecule has 3 rings (SSSR count). The molecule has 0 aliphatic carbocycles. The third-order valence-corrected chi connectivity index (χ3v) is 5.87. The van der Waals surface area contributed by atoms with Gasteiger partial charge in [0, 0.05) is 6.42 Å². The van der Waals surface area contributed by atoms with Crippen molar-refractivity contribution < 1.29 is 26.8 Å². The molecule has 7 nitrogen and oxygen atoms in total. The van der Waals surface area contributed by atoms with Crippen molar-refractivity contribution in [1.29, 1.82) is 0 Å². The minimum absolute atomic E-state index is 0. The van der Waals surface area contributed by atoms with Gasteiger partial charge in [0.2, 0.25) is 10.0 Å². The van der Waals surface area contributed by atoms with Crippen LogP contribution in [0.2, 0.25) is 5.02 Å². The maximum atomic E-state index is 14.3. The van der Waals surface area contributed by atoms with Gasteiger partial charge in [0.25, 0.3) is 5.91 Å². The molecule has 13 heteroatoms. The third-order valence-electron chi connectivity index (χ3n) is 3.88. The van der Waals surface area contributed by atoms with E-state index < -0.39 is 50.9 Å². The number of amides is 3. The number of imide groups is 1. The number of nitrogens with zero attached hydrogens (tertiary/aromatic N) is 2. The van der Waals surface area contributed by atoms with Gasteiger partial charge in [-0.1, -0.05) is 11.6 Å². The molecule has 3 amide bonds. The van der Waals surface area contributed by atoms with Crippen LogP contribution in [0.4, 0.5) is 25.0 Å². The first-order valence-electron chi connectivity index (χ1n) is 6.98. The Hall–Kier alpha value is -0.650. The van der Waals surface area contributed by atoms with Crippen molar-refractivity contribution in [3.8, 4) is 0 Å². The number of alkyl halides is 2. The summed E-state index contributed by atoms with van der Waals surface area (Å²) < 4.78 is 52.8. The topological polar surface area (TPSA) is 86.8 Å². The van der Waals surface area contributed by atoms with Crippen molar-refractivity contribution in [1.82, 2.24) is 4.90 Å². The molecule has 1 aromatic rings. The molecule has 2 unspecified atom stereocenters. The number of rotatable bonds is 4. The fraction of sp³-hybridized carbons (Fsp3) is 0.385. The molecule has 1 N–H and O–H groups in total. The molecule has 26 heavy (non-hydrogen) atoms. The summed E-state index contributed by atoms with van der Waals surface area (Å²) in [6, 6.07) is -0.180. The fourth-order valence-corrected chi connectivity index (χ4v) is 3.78. The summed E-state index contributed by atoms with van der Waals surface area (Å²) in [7, 11) is -3.94. The van der Waals surface area contributed by atoms with Gasteiger partial charge < -0.3 is 4.90 Å². The Labute approximate surface area is 179 Å². The van der Waals surface area contributed by atoms with Crippen LogP contribution in [0.3, 0.4) is 0 Å². The maximum absolute atomic E-state index is 14.3. The van der Waals surface area contributed by atoms with Gasteiger partial charge in [0.05, 0.1) is 22.9 Å². The van der Waals surface area contributed by atoms with Crippen molar-refractivity contribution in [3.05, 3.63) is 23.0 Å². The number of fused-ring (bicyclic) bond motifs is 1. The van der Waals surface area contributed by atoms with Gasteiger partial charge in [-0.05, 0) is 12.1 Å². The molecule has 0 radical (unpaired) electrons. The van der Waals surface area contributed by atoms with Gasteiger partial charge in [0.15, 0.2) is 0 Å². The molecule has 2 heterocycles. The molecule has 0 spiro atoms. The molecule has 138 valence electrons. The molecule has 2 fully saturated rings. The molecule has 2 aliphatic heterocycles. The number of anilines is 2. The monoisotopic (exact) mass is 437 g/mol. The van der Waals surface area contributed by atoms with Crippen LogP contribution in [0.25, 0.3) is 0 Å². The second-order valence-corrected chi connectivity index (χ2v) is 8.28. The first-order valence-corrected chi connectivity index (χ1v) is 9.55. The Morgan fingerprint density at radius 3 is 2.54 bits per heavy atom. The van der Waals surface area contributed by atoms with E-state index in [0.29, 0.717) is 4.90 Å². The first-order chi connectivity index (χ1) is 11.6. The van der Waals surface area contributed by atoms with Gasteiger partial charge in [-0.15, -0.1) is 11.6 Å². The fourth-order valence-electron chi connectivity index (χ4n) is 2.81. The molecular weight excluding hydrogens is 426 g/mol. The molecule has 2 aliphatic rings. The van der Waals surface area contributed by atoms with E-state index in [-0.39, 0.29) is 53.2 Å². The van der Waals surface area contributed by atoms with Crippen molar-refractivity contribution in [3.63, 3.8) is 0 Å². The van der Waals surface area contributed by atoms with Gasteiger partial charge in [-0.2, -0.15) is 0 Å². The number of sulfonamides is 1. The van der Waals surface area contributed by atoms with Crippen molar-refractivity contribution in [2.75, 3.05) is 21.4 Å². The number of benzene rings is 1. The van der Waals surface area contributed by atoms with Crippen molar-refractivity contribution in [2.45, 2.75) is 18.6 Å². The van der Waals surface area contributed by atoms with Crippen LogP contribution >= 0.6 is 23.2 Å². The Balaban J connectivity index is 0.00000243. The molecule has 0 aromatic heterocycles. The molecule has 2 saturated heterocycles. The standard InChI is InChI=1S/C13H11Cl2F2N3O4S.Na.H/c14-5-25(23,24)18-9-3-10(8(17)2-7(9)15)20-12(21)11-1-6(16)4-19(11)13(20)22;;/h2-3,6,11,18H,1,4-5H2;;. The summed E-state index contributed by atoms with van der Waals surface area (Å²) in [5.74, 6) is -1.78. The van der Waals surface area contributed by atoms with Crippen LogP contribution in [-0.2, 0) is 14.8 Å². The van der Waals surface area contributed by atoms with Crippen molar-refractivity contribution in [2.24, 2.45) is 0 Å². The zero-order valence-corrected chi connectivity index (χ0v) is 14.7. The zero-order chi connectivity index (χ0) is 18.5. The molecule has 0 saturated carbocycles. The van der Waals surface area contributed by atoms with E-state index in [1.165, 1.54) is 0 Å². The number of carbonyl (C=O) groups is 2. The minimum atomic E-state index is -3.94. The van der Waals surface area contributed by atoms with Crippen LogP contribution in [0.15, 0.2) is 12.1 Å².